The molecule has 1 N–H and O–H groups in total. The molecule has 1 saturated heterocycles. The number of rotatable bonds is 3. The van der Waals surface area contributed by atoms with E-state index in [2.05, 4.69) is 4.98 Å². The van der Waals surface area contributed by atoms with Crippen molar-refractivity contribution in [3.8, 4) is 11.5 Å². The van der Waals surface area contributed by atoms with Crippen molar-refractivity contribution < 1.29 is 24.2 Å². The third-order valence-corrected chi connectivity index (χ3v) is 5.71. The van der Waals surface area contributed by atoms with Crippen LogP contribution in [0.1, 0.15) is 28.3 Å². The van der Waals surface area contributed by atoms with Crippen LogP contribution in [0.5, 0.6) is 11.5 Å². The lowest BCUT2D eigenvalue weighted by molar-refractivity contribution is -0.132. The van der Waals surface area contributed by atoms with E-state index in [1.54, 1.807) is 42.7 Å². The minimum absolute atomic E-state index is 0.00257. The van der Waals surface area contributed by atoms with E-state index in [9.17, 15) is 14.7 Å². The van der Waals surface area contributed by atoms with Crippen molar-refractivity contribution in [1.82, 2.24) is 4.98 Å². The van der Waals surface area contributed by atoms with Crippen LogP contribution in [0.2, 0.25) is 0 Å². The van der Waals surface area contributed by atoms with Crippen molar-refractivity contribution in [3.05, 3.63) is 88.8 Å². The number of amides is 1. The molecule has 7 nitrogen and oxygen atoms in total. The Labute approximate surface area is 184 Å². The van der Waals surface area contributed by atoms with Crippen molar-refractivity contribution in [2.75, 3.05) is 11.7 Å². The molecule has 1 unspecified atom stereocenters. The fraction of sp³-hybridized carbons (Fsp3) is 0.160. The van der Waals surface area contributed by atoms with Crippen molar-refractivity contribution in [2.24, 2.45) is 0 Å². The van der Waals surface area contributed by atoms with E-state index < -0.39 is 17.7 Å². The Kier molecular flexibility index (Phi) is 4.66. The Hall–Kier alpha value is -4.13. The summed E-state index contributed by atoms with van der Waals surface area (Å²) < 4.78 is 10.7. The standard InChI is InChI=1S/C25H20N2O5/c1-14-5-6-15(2)18(10-14)27-22(17-4-3-9-26-12-17)21(24(29)25(27)30)23(28)16-7-8-19-20(11-16)32-13-31-19/h3-12,22,28H,13H2,1-2H3/b23-21-. The molecule has 1 atom stereocenters. The maximum Gasteiger partial charge on any atom is 0.300 e. The number of carbonyl (C=O) groups is 2. The molecule has 5 rings (SSSR count). The van der Waals surface area contributed by atoms with Crippen LogP contribution in [0, 0.1) is 13.8 Å². The van der Waals surface area contributed by atoms with Crippen LogP contribution in [0.15, 0.2) is 66.5 Å². The fourth-order valence-electron chi connectivity index (χ4n) is 4.11. The van der Waals surface area contributed by atoms with E-state index in [-0.39, 0.29) is 18.1 Å². The number of anilines is 1. The molecular formula is C25H20N2O5. The lowest BCUT2D eigenvalue weighted by atomic mass is 9.95. The summed E-state index contributed by atoms with van der Waals surface area (Å²) in [6.45, 7) is 3.89. The number of benzene rings is 2. The van der Waals surface area contributed by atoms with Gasteiger partial charge >= 0.3 is 0 Å². The molecular weight excluding hydrogens is 408 g/mol. The van der Waals surface area contributed by atoms with Gasteiger partial charge in [-0.25, -0.2) is 0 Å². The predicted molar refractivity (Wildman–Crippen MR) is 118 cm³/mol. The number of pyridine rings is 1. The number of aryl methyl sites for hydroxylation is 2. The Morgan fingerprint density at radius 2 is 1.88 bits per heavy atom. The number of aromatic nitrogens is 1. The van der Waals surface area contributed by atoms with Gasteiger partial charge < -0.3 is 14.6 Å². The highest BCUT2D eigenvalue weighted by Crippen LogP contribution is 2.44. The molecule has 1 amide bonds. The van der Waals surface area contributed by atoms with Crippen LogP contribution in [0.3, 0.4) is 0 Å². The second kappa shape index (κ2) is 7.53. The monoisotopic (exact) mass is 428 g/mol. The number of ketones is 1. The molecule has 1 aromatic heterocycles. The first-order valence-corrected chi connectivity index (χ1v) is 10.1. The summed E-state index contributed by atoms with van der Waals surface area (Å²) in [5.41, 5.74) is 3.40. The van der Waals surface area contributed by atoms with Crippen molar-refractivity contribution >= 4 is 23.1 Å². The molecule has 3 heterocycles. The third-order valence-electron chi connectivity index (χ3n) is 5.71. The zero-order valence-corrected chi connectivity index (χ0v) is 17.5. The third kappa shape index (κ3) is 3.10. The molecule has 2 aliphatic heterocycles. The maximum absolute atomic E-state index is 13.3. The summed E-state index contributed by atoms with van der Waals surface area (Å²) >= 11 is 0. The van der Waals surface area contributed by atoms with Crippen LogP contribution in [0.4, 0.5) is 5.69 Å². The highest BCUT2D eigenvalue weighted by molar-refractivity contribution is 6.51. The molecule has 160 valence electrons. The summed E-state index contributed by atoms with van der Waals surface area (Å²) in [5.74, 6) is -0.704. The van der Waals surface area contributed by atoms with E-state index in [0.717, 1.165) is 11.1 Å². The smallest absolute Gasteiger partial charge is 0.300 e. The summed E-state index contributed by atoms with van der Waals surface area (Å²) in [7, 11) is 0. The number of fused-ring (bicyclic) bond motifs is 1. The van der Waals surface area contributed by atoms with Gasteiger partial charge in [-0.1, -0.05) is 18.2 Å². The van der Waals surface area contributed by atoms with Gasteiger partial charge in [0.25, 0.3) is 11.7 Å². The van der Waals surface area contributed by atoms with Crippen molar-refractivity contribution in [3.63, 3.8) is 0 Å². The van der Waals surface area contributed by atoms with Gasteiger partial charge in [0.1, 0.15) is 5.76 Å². The van der Waals surface area contributed by atoms with Gasteiger partial charge in [-0.2, -0.15) is 0 Å². The second-order valence-electron chi connectivity index (χ2n) is 7.81. The molecule has 0 bridgehead atoms. The first-order chi connectivity index (χ1) is 15.5. The maximum atomic E-state index is 13.3. The van der Waals surface area contributed by atoms with E-state index in [0.29, 0.717) is 28.3 Å². The SMILES string of the molecule is Cc1ccc(C)c(N2C(=O)C(=O)/C(=C(\O)c3ccc4c(c3)OCO4)C2c2cccnc2)c1. The molecule has 0 saturated carbocycles. The number of ether oxygens (including phenoxy) is 2. The van der Waals surface area contributed by atoms with Gasteiger partial charge in [0, 0.05) is 23.6 Å². The topological polar surface area (TPSA) is 89.0 Å². The van der Waals surface area contributed by atoms with E-state index >= 15 is 0 Å². The normalized spacial score (nSPS) is 18.9. The molecule has 0 aliphatic carbocycles. The van der Waals surface area contributed by atoms with E-state index in [1.165, 1.54) is 4.90 Å². The van der Waals surface area contributed by atoms with Crippen molar-refractivity contribution in [2.45, 2.75) is 19.9 Å². The van der Waals surface area contributed by atoms with Crippen molar-refractivity contribution in [1.29, 1.82) is 0 Å². The van der Waals surface area contributed by atoms with Crippen LogP contribution < -0.4 is 14.4 Å². The predicted octanol–water partition coefficient (Wildman–Crippen LogP) is 4.05. The Bertz CT molecular complexity index is 1280. The van der Waals surface area contributed by atoms with Gasteiger partial charge in [0.15, 0.2) is 11.5 Å². The highest BCUT2D eigenvalue weighted by atomic mass is 16.7. The molecule has 1 fully saturated rings. The number of aliphatic hydroxyl groups excluding tert-OH is 1. The quantitative estimate of drug-likeness (QED) is 0.385. The van der Waals surface area contributed by atoms with E-state index in [4.69, 9.17) is 9.47 Å². The summed E-state index contributed by atoms with van der Waals surface area (Å²) in [6.07, 6.45) is 3.22. The van der Waals surface area contributed by atoms with Gasteiger partial charge in [0.05, 0.1) is 11.6 Å². The zero-order valence-electron chi connectivity index (χ0n) is 17.5. The number of aliphatic hydroxyl groups is 1. The lowest BCUT2D eigenvalue weighted by Gasteiger charge is -2.27. The molecule has 0 radical (unpaired) electrons. The zero-order chi connectivity index (χ0) is 22.4. The Balaban J connectivity index is 1.73. The molecule has 32 heavy (non-hydrogen) atoms. The molecule has 2 aliphatic rings. The Morgan fingerprint density at radius 3 is 2.66 bits per heavy atom. The molecule has 7 heteroatoms. The summed E-state index contributed by atoms with van der Waals surface area (Å²) in [6, 6.07) is 13.3. The second-order valence-corrected chi connectivity index (χ2v) is 7.81. The number of hydrogen-bond acceptors (Lipinski definition) is 6. The highest BCUT2D eigenvalue weighted by Gasteiger charge is 2.47. The first kappa shape index (κ1) is 19.8. The van der Waals surface area contributed by atoms with Gasteiger partial charge in [-0.15, -0.1) is 0 Å². The minimum Gasteiger partial charge on any atom is -0.507 e. The molecule has 3 aromatic rings. The van der Waals surface area contributed by atoms with E-state index in [1.807, 2.05) is 32.0 Å². The van der Waals surface area contributed by atoms with Gasteiger partial charge in [0.2, 0.25) is 6.79 Å². The van der Waals surface area contributed by atoms with Crippen LogP contribution in [0.25, 0.3) is 5.76 Å². The first-order valence-electron chi connectivity index (χ1n) is 10.1. The summed E-state index contributed by atoms with van der Waals surface area (Å²) in [5, 5.41) is 11.2. The molecule has 2 aromatic carbocycles. The van der Waals surface area contributed by atoms with Crippen LogP contribution >= 0.6 is 0 Å². The minimum atomic E-state index is -0.824. The molecule has 0 spiro atoms. The van der Waals surface area contributed by atoms with Crippen LogP contribution in [-0.4, -0.2) is 28.6 Å². The van der Waals surface area contributed by atoms with Crippen LogP contribution in [-0.2, 0) is 9.59 Å². The summed E-state index contributed by atoms with van der Waals surface area (Å²) in [4.78, 5) is 32.1. The lowest BCUT2D eigenvalue weighted by Crippen LogP contribution is -2.30. The van der Waals surface area contributed by atoms with Gasteiger partial charge in [-0.05, 0) is 60.9 Å². The average molecular weight is 428 g/mol. The number of hydrogen-bond donors (Lipinski definition) is 1. The Morgan fingerprint density at radius 1 is 1.06 bits per heavy atom. The average Bonchev–Trinajstić information content (AvgIpc) is 3.38. The largest absolute Gasteiger partial charge is 0.507 e. The van der Waals surface area contributed by atoms with Gasteiger partial charge in [-0.3, -0.25) is 19.5 Å². The fourth-order valence-corrected chi connectivity index (χ4v) is 4.11. The number of carbonyl (C=O) groups excluding carboxylic acids is 2. The number of nitrogens with zero attached hydrogens (tertiary/aromatic N) is 2. The number of Topliss-reactive ketones (excluding diaryl/α,β-unsaturated/α-hetero) is 1.